The molecule has 1 saturated carbocycles. The number of esters is 1. The molecule has 1 unspecified atom stereocenters. The molecular formula is C29H36N4O4S. The van der Waals surface area contributed by atoms with Gasteiger partial charge in [0.1, 0.15) is 23.0 Å². The Labute approximate surface area is 226 Å². The third kappa shape index (κ3) is 4.35. The fraction of sp³-hybridized carbons (Fsp3) is 0.483. The first-order valence-electron chi connectivity index (χ1n) is 13.1. The monoisotopic (exact) mass is 536 g/mol. The van der Waals surface area contributed by atoms with Gasteiger partial charge in [-0.2, -0.15) is 0 Å². The lowest BCUT2D eigenvalue weighted by molar-refractivity contribution is -0.0285. The molecule has 3 N–H and O–H groups in total. The number of hydrogen-bond acceptors (Lipinski definition) is 7. The predicted molar refractivity (Wildman–Crippen MR) is 150 cm³/mol. The van der Waals surface area contributed by atoms with Gasteiger partial charge in [0, 0.05) is 11.6 Å². The molecule has 0 bridgehead atoms. The SMILES string of the molecule is CC[C@@H](CC(C)(C)S(N)=O)c1ccc(OC)c2cnc(Nc3ccc4c(n3)C3(CC3)C(C)(C)OC4=O)cc12. The molecule has 38 heavy (non-hydrogen) atoms. The molecule has 1 aliphatic carbocycles. The molecular weight excluding hydrogens is 500 g/mol. The maximum Gasteiger partial charge on any atom is 0.340 e. The normalized spacial score (nSPS) is 19.0. The summed E-state index contributed by atoms with van der Waals surface area (Å²) in [6.07, 6.45) is 5.24. The van der Waals surface area contributed by atoms with Crippen molar-refractivity contribution in [2.75, 3.05) is 12.4 Å². The summed E-state index contributed by atoms with van der Waals surface area (Å²) in [5.41, 5.74) is 1.64. The predicted octanol–water partition coefficient (Wildman–Crippen LogP) is 5.65. The lowest BCUT2D eigenvalue weighted by atomic mass is 9.80. The zero-order chi connectivity index (χ0) is 27.5. The number of hydrogen-bond donors (Lipinski definition) is 2. The van der Waals surface area contributed by atoms with Crippen LogP contribution in [0.25, 0.3) is 10.8 Å². The number of fused-ring (bicyclic) bond motifs is 3. The van der Waals surface area contributed by atoms with Gasteiger partial charge in [0.05, 0.1) is 39.5 Å². The first kappa shape index (κ1) is 26.6. The van der Waals surface area contributed by atoms with Crippen LogP contribution in [0.3, 0.4) is 0 Å². The molecule has 202 valence electrons. The number of aromatic nitrogens is 2. The summed E-state index contributed by atoms with van der Waals surface area (Å²) in [6.45, 7) is 9.95. The van der Waals surface area contributed by atoms with Crippen molar-refractivity contribution in [3.63, 3.8) is 0 Å². The number of cyclic esters (lactones) is 1. The van der Waals surface area contributed by atoms with Gasteiger partial charge in [-0.25, -0.2) is 19.0 Å². The van der Waals surface area contributed by atoms with E-state index in [4.69, 9.17) is 19.6 Å². The Morgan fingerprint density at radius 1 is 1.18 bits per heavy atom. The van der Waals surface area contributed by atoms with Gasteiger partial charge in [-0.3, -0.25) is 5.14 Å². The van der Waals surface area contributed by atoms with Crippen LogP contribution in [0.4, 0.5) is 11.6 Å². The number of carbonyl (C=O) groups is 1. The van der Waals surface area contributed by atoms with Gasteiger partial charge in [-0.15, -0.1) is 0 Å². The van der Waals surface area contributed by atoms with Crippen LogP contribution in [0.15, 0.2) is 36.5 Å². The summed E-state index contributed by atoms with van der Waals surface area (Å²) in [7, 11) is 0.205. The van der Waals surface area contributed by atoms with Gasteiger partial charge in [0.15, 0.2) is 0 Å². The lowest BCUT2D eigenvalue weighted by Gasteiger charge is -2.39. The van der Waals surface area contributed by atoms with E-state index in [-0.39, 0.29) is 17.3 Å². The number of nitrogens with two attached hydrogens (primary N) is 1. The summed E-state index contributed by atoms with van der Waals surface area (Å²) < 4.78 is 23.0. The minimum absolute atomic E-state index is 0.144. The van der Waals surface area contributed by atoms with Gasteiger partial charge >= 0.3 is 5.97 Å². The molecule has 2 atom stereocenters. The Balaban J connectivity index is 1.54. The molecule has 0 amide bonds. The standard InChI is InChI=1S/C29H36N4O4S/c1-7-17(15-27(2,3)38(30)35)18-8-10-22(36-6)21-16-31-24(14-20(18)21)32-23-11-9-19-25(33-23)29(12-13-29)28(4,5)37-26(19)34/h8-11,14,16-17H,7,12-13,15,30H2,1-6H3,(H,31,32,33)/t17-,38?/m0/s1. The summed E-state index contributed by atoms with van der Waals surface area (Å²) in [5, 5.41) is 11.1. The van der Waals surface area contributed by atoms with E-state index in [1.165, 1.54) is 0 Å². The lowest BCUT2D eigenvalue weighted by Crippen LogP contribution is -2.46. The number of anilines is 2. The molecule has 0 saturated heterocycles. The highest BCUT2D eigenvalue weighted by Gasteiger charge is 2.63. The number of carbonyl (C=O) groups excluding carboxylic acids is 1. The maximum atomic E-state index is 12.6. The molecule has 0 radical (unpaired) electrons. The van der Waals surface area contributed by atoms with E-state index in [2.05, 4.69) is 23.3 Å². The van der Waals surface area contributed by atoms with Crippen molar-refractivity contribution < 1.29 is 18.5 Å². The molecule has 5 rings (SSSR count). The highest BCUT2D eigenvalue weighted by Crippen LogP contribution is 2.59. The Kier molecular flexibility index (Phi) is 6.51. The fourth-order valence-corrected chi connectivity index (χ4v) is 6.18. The minimum Gasteiger partial charge on any atom is -0.496 e. The summed E-state index contributed by atoms with van der Waals surface area (Å²) >= 11 is 0. The van der Waals surface area contributed by atoms with E-state index in [0.29, 0.717) is 23.6 Å². The first-order chi connectivity index (χ1) is 17.9. The highest BCUT2D eigenvalue weighted by molar-refractivity contribution is 7.84. The van der Waals surface area contributed by atoms with Crippen LogP contribution in [0, 0.1) is 0 Å². The Morgan fingerprint density at radius 3 is 2.55 bits per heavy atom. The molecule has 1 fully saturated rings. The quantitative estimate of drug-likeness (QED) is 0.358. The van der Waals surface area contributed by atoms with Crippen LogP contribution >= 0.6 is 0 Å². The second-order valence-corrected chi connectivity index (χ2v) is 13.2. The second-order valence-electron chi connectivity index (χ2n) is 11.5. The van der Waals surface area contributed by atoms with Crippen LogP contribution in [0.5, 0.6) is 5.75 Å². The zero-order valence-electron chi connectivity index (χ0n) is 22.9. The van der Waals surface area contributed by atoms with Gasteiger partial charge in [-0.1, -0.05) is 13.0 Å². The number of rotatable bonds is 8. The summed E-state index contributed by atoms with van der Waals surface area (Å²) in [6, 6.07) is 9.63. The number of benzene rings is 1. The molecule has 1 aromatic carbocycles. The Morgan fingerprint density at radius 2 is 1.92 bits per heavy atom. The number of nitrogens with one attached hydrogen (secondary N) is 1. The second kappa shape index (κ2) is 9.31. The maximum absolute atomic E-state index is 12.6. The van der Waals surface area contributed by atoms with Crippen LogP contribution < -0.4 is 15.2 Å². The van der Waals surface area contributed by atoms with Crippen LogP contribution in [0.1, 0.15) is 87.8 Å². The van der Waals surface area contributed by atoms with Crippen molar-refractivity contribution in [2.45, 2.75) is 82.0 Å². The molecule has 2 aliphatic rings. The Bertz CT molecular complexity index is 1450. The van der Waals surface area contributed by atoms with E-state index >= 15 is 0 Å². The van der Waals surface area contributed by atoms with Crippen LogP contribution in [-0.2, 0) is 21.1 Å². The number of nitrogens with zero attached hydrogens (tertiary/aromatic N) is 2. The third-order valence-corrected chi connectivity index (χ3v) is 9.66. The van der Waals surface area contributed by atoms with Crippen molar-refractivity contribution in [1.29, 1.82) is 0 Å². The van der Waals surface area contributed by atoms with E-state index in [9.17, 15) is 9.00 Å². The van der Waals surface area contributed by atoms with Crippen molar-refractivity contribution in [3.05, 3.63) is 53.3 Å². The first-order valence-corrected chi connectivity index (χ1v) is 14.3. The average molecular weight is 537 g/mol. The Hall–Kier alpha value is -3.04. The highest BCUT2D eigenvalue weighted by atomic mass is 32.2. The zero-order valence-corrected chi connectivity index (χ0v) is 23.7. The van der Waals surface area contributed by atoms with Crippen molar-refractivity contribution in [3.8, 4) is 5.75 Å². The van der Waals surface area contributed by atoms with Crippen LogP contribution in [0.2, 0.25) is 0 Å². The average Bonchev–Trinajstić information content (AvgIpc) is 3.68. The number of pyridine rings is 2. The van der Waals surface area contributed by atoms with Crippen molar-refractivity contribution in [1.82, 2.24) is 9.97 Å². The van der Waals surface area contributed by atoms with Gasteiger partial charge in [0.2, 0.25) is 0 Å². The van der Waals surface area contributed by atoms with Gasteiger partial charge in [0.25, 0.3) is 0 Å². The minimum atomic E-state index is -1.44. The van der Waals surface area contributed by atoms with Crippen molar-refractivity contribution >= 4 is 39.4 Å². The molecule has 8 nitrogen and oxygen atoms in total. The molecule has 3 aromatic rings. The van der Waals surface area contributed by atoms with E-state index < -0.39 is 21.3 Å². The van der Waals surface area contributed by atoms with E-state index in [0.717, 1.165) is 47.0 Å². The molecule has 2 aromatic heterocycles. The van der Waals surface area contributed by atoms with Gasteiger partial charge in [-0.05, 0) is 94.5 Å². The summed E-state index contributed by atoms with van der Waals surface area (Å²) in [5.74, 6) is 1.82. The number of ether oxygens (including phenoxy) is 2. The fourth-order valence-electron chi connectivity index (χ4n) is 5.81. The van der Waals surface area contributed by atoms with E-state index in [1.54, 1.807) is 25.4 Å². The number of methoxy groups -OCH3 is 1. The third-order valence-electron chi connectivity index (χ3n) is 8.40. The molecule has 1 aliphatic heterocycles. The topological polar surface area (TPSA) is 116 Å². The largest absolute Gasteiger partial charge is 0.496 e. The molecule has 1 spiro atoms. The van der Waals surface area contributed by atoms with Crippen molar-refractivity contribution in [2.24, 2.45) is 5.14 Å². The van der Waals surface area contributed by atoms with Gasteiger partial charge < -0.3 is 14.8 Å². The van der Waals surface area contributed by atoms with E-state index in [1.807, 2.05) is 39.8 Å². The molecule has 3 heterocycles. The molecule has 9 heteroatoms. The van der Waals surface area contributed by atoms with Crippen LogP contribution in [-0.4, -0.2) is 37.6 Å². The smallest absolute Gasteiger partial charge is 0.340 e. The summed E-state index contributed by atoms with van der Waals surface area (Å²) in [4.78, 5) is 22.2.